The van der Waals surface area contributed by atoms with Gasteiger partial charge in [0.15, 0.2) is 0 Å². The molecule has 2 rings (SSSR count). The minimum atomic E-state index is -0.567. The zero-order valence-corrected chi connectivity index (χ0v) is 12.7. The van der Waals surface area contributed by atoms with Crippen molar-refractivity contribution in [2.45, 2.75) is 6.10 Å². The molecule has 2 aromatic rings. The van der Waals surface area contributed by atoms with E-state index in [-0.39, 0.29) is 6.61 Å². The van der Waals surface area contributed by atoms with Gasteiger partial charge in [0.25, 0.3) is 0 Å². The highest BCUT2D eigenvalue weighted by Crippen LogP contribution is 2.27. The monoisotopic (exact) mass is 344 g/mol. The zero-order chi connectivity index (χ0) is 13.8. The van der Waals surface area contributed by atoms with E-state index in [0.717, 1.165) is 15.4 Å². The average Bonchev–Trinajstić information content (AvgIpc) is 2.37. The molecule has 0 spiro atoms. The van der Waals surface area contributed by atoms with Crippen LogP contribution < -0.4 is 5.32 Å². The molecular formula is C13H14BrClN2O2. The number of aliphatic hydroxyl groups is 1. The van der Waals surface area contributed by atoms with E-state index in [1.54, 1.807) is 13.2 Å². The van der Waals surface area contributed by atoms with Gasteiger partial charge in [-0.3, -0.25) is 0 Å². The largest absolute Gasteiger partial charge is 0.389 e. The van der Waals surface area contributed by atoms with Crippen LogP contribution in [0.5, 0.6) is 0 Å². The van der Waals surface area contributed by atoms with Crippen molar-refractivity contribution < 1.29 is 9.84 Å². The Kier molecular flexibility index (Phi) is 4.99. The Balaban J connectivity index is 2.17. The second-order valence-corrected chi connectivity index (χ2v) is 5.47. The Morgan fingerprint density at radius 2 is 2.26 bits per heavy atom. The molecule has 0 fully saturated rings. The molecule has 1 heterocycles. The van der Waals surface area contributed by atoms with Crippen LogP contribution in [0.1, 0.15) is 0 Å². The molecule has 2 N–H and O–H groups in total. The zero-order valence-electron chi connectivity index (χ0n) is 10.4. The Morgan fingerprint density at radius 3 is 3.00 bits per heavy atom. The van der Waals surface area contributed by atoms with Crippen LogP contribution in [0.4, 0.5) is 5.82 Å². The second-order valence-electron chi connectivity index (χ2n) is 4.15. The smallest absolute Gasteiger partial charge is 0.126 e. The Hall–Kier alpha value is -0.880. The van der Waals surface area contributed by atoms with E-state index in [0.29, 0.717) is 17.4 Å². The molecule has 0 saturated heterocycles. The minimum Gasteiger partial charge on any atom is -0.389 e. The van der Waals surface area contributed by atoms with Gasteiger partial charge in [0, 0.05) is 23.5 Å². The van der Waals surface area contributed by atoms with E-state index in [9.17, 15) is 5.11 Å². The highest BCUT2D eigenvalue weighted by Gasteiger charge is 2.06. The lowest BCUT2D eigenvalue weighted by Gasteiger charge is -2.12. The van der Waals surface area contributed by atoms with Crippen molar-refractivity contribution in [3.63, 3.8) is 0 Å². The summed E-state index contributed by atoms with van der Waals surface area (Å²) in [6.07, 6.45) is -0.567. The number of nitrogens with zero attached hydrogens (tertiary/aromatic N) is 1. The van der Waals surface area contributed by atoms with Crippen molar-refractivity contribution in [3.8, 4) is 0 Å². The van der Waals surface area contributed by atoms with E-state index in [4.69, 9.17) is 16.3 Å². The van der Waals surface area contributed by atoms with E-state index in [1.165, 1.54) is 0 Å². The van der Waals surface area contributed by atoms with Gasteiger partial charge in [0.2, 0.25) is 0 Å². The van der Waals surface area contributed by atoms with Gasteiger partial charge < -0.3 is 15.2 Å². The molecule has 0 bridgehead atoms. The van der Waals surface area contributed by atoms with Crippen LogP contribution in [0, 0.1) is 0 Å². The molecule has 0 radical (unpaired) electrons. The predicted octanol–water partition coefficient (Wildman–Crippen LogP) is 3.07. The van der Waals surface area contributed by atoms with Crippen molar-refractivity contribution >= 4 is 44.3 Å². The van der Waals surface area contributed by atoms with Crippen molar-refractivity contribution in [3.05, 3.63) is 33.8 Å². The number of ether oxygens (including phenoxy) is 1. The fourth-order valence-electron chi connectivity index (χ4n) is 1.73. The number of nitrogens with one attached hydrogen (secondary N) is 1. The summed E-state index contributed by atoms with van der Waals surface area (Å²) in [7, 11) is 1.55. The summed E-state index contributed by atoms with van der Waals surface area (Å²) in [6.45, 7) is 0.661. The van der Waals surface area contributed by atoms with Gasteiger partial charge >= 0.3 is 0 Å². The van der Waals surface area contributed by atoms with Gasteiger partial charge in [-0.05, 0) is 24.3 Å². The Labute approximate surface area is 124 Å². The van der Waals surface area contributed by atoms with Crippen molar-refractivity contribution in [2.75, 3.05) is 25.6 Å². The minimum absolute atomic E-state index is 0.286. The van der Waals surface area contributed by atoms with Gasteiger partial charge in [-0.25, -0.2) is 4.98 Å². The van der Waals surface area contributed by atoms with E-state index in [1.807, 2.05) is 18.2 Å². The van der Waals surface area contributed by atoms with Crippen molar-refractivity contribution in [1.29, 1.82) is 0 Å². The van der Waals surface area contributed by atoms with Crippen molar-refractivity contribution in [2.24, 2.45) is 0 Å². The lowest BCUT2D eigenvalue weighted by atomic mass is 10.2. The van der Waals surface area contributed by atoms with Gasteiger partial charge in [0.1, 0.15) is 5.82 Å². The van der Waals surface area contributed by atoms with Crippen LogP contribution in [0.25, 0.3) is 10.9 Å². The first-order valence-corrected chi connectivity index (χ1v) is 6.94. The summed E-state index contributed by atoms with van der Waals surface area (Å²) in [6, 6.07) is 7.55. The van der Waals surface area contributed by atoms with E-state index in [2.05, 4.69) is 26.2 Å². The van der Waals surface area contributed by atoms with Crippen molar-refractivity contribution in [1.82, 2.24) is 4.98 Å². The fourth-order valence-corrected chi connectivity index (χ4v) is 2.61. The quantitative estimate of drug-likeness (QED) is 0.874. The third-order valence-electron chi connectivity index (χ3n) is 2.59. The number of hydrogen-bond acceptors (Lipinski definition) is 4. The lowest BCUT2D eigenvalue weighted by molar-refractivity contribution is 0.0727. The van der Waals surface area contributed by atoms with Crippen LogP contribution in [0.15, 0.2) is 28.7 Å². The fraction of sp³-hybridized carbons (Fsp3) is 0.308. The molecule has 0 aliphatic rings. The van der Waals surface area contributed by atoms with Gasteiger partial charge in [-0.15, -0.1) is 0 Å². The van der Waals surface area contributed by atoms with Crippen LogP contribution >= 0.6 is 27.5 Å². The molecule has 19 heavy (non-hydrogen) atoms. The summed E-state index contributed by atoms with van der Waals surface area (Å²) in [5, 5.41) is 14.2. The van der Waals surface area contributed by atoms with Crippen LogP contribution in [-0.4, -0.2) is 36.5 Å². The normalized spacial score (nSPS) is 12.6. The first kappa shape index (κ1) is 14.5. The number of aliphatic hydroxyl groups excluding tert-OH is 1. The number of benzene rings is 1. The molecule has 1 atom stereocenters. The maximum absolute atomic E-state index is 9.57. The number of halogens is 2. The maximum atomic E-state index is 9.57. The highest BCUT2D eigenvalue weighted by atomic mass is 79.9. The summed E-state index contributed by atoms with van der Waals surface area (Å²) in [5.41, 5.74) is 0.732. The molecule has 1 aromatic heterocycles. The molecule has 0 aliphatic carbocycles. The first-order valence-electron chi connectivity index (χ1n) is 5.77. The van der Waals surface area contributed by atoms with Gasteiger partial charge in [-0.2, -0.15) is 0 Å². The first-order chi connectivity index (χ1) is 9.10. The highest BCUT2D eigenvalue weighted by molar-refractivity contribution is 9.10. The number of anilines is 1. The number of hydrogen-bond donors (Lipinski definition) is 2. The van der Waals surface area contributed by atoms with Crippen LogP contribution in [0.3, 0.4) is 0 Å². The average molecular weight is 346 g/mol. The Morgan fingerprint density at radius 1 is 1.47 bits per heavy atom. The third-order valence-corrected chi connectivity index (χ3v) is 3.33. The summed E-state index contributed by atoms with van der Waals surface area (Å²) >= 11 is 9.55. The predicted molar refractivity (Wildman–Crippen MR) is 80.8 cm³/mol. The second kappa shape index (κ2) is 6.52. The number of pyridine rings is 1. The standard InChI is InChI=1S/C13H14BrClN2O2/c1-19-7-10(18)6-16-12-3-2-8-4-9(14)5-11(15)13(8)17-12/h2-5,10,18H,6-7H2,1H3,(H,16,17). The number of rotatable bonds is 5. The molecule has 102 valence electrons. The molecule has 0 amide bonds. The molecular weight excluding hydrogens is 332 g/mol. The van der Waals surface area contributed by atoms with Crippen LogP contribution in [-0.2, 0) is 4.74 Å². The summed E-state index contributed by atoms with van der Waals surface area (Å²) in [4.78, 5) is 4.43. The Bertz CT molecular complexity index is 580. The molecule has 1 unspecified atom stereocenters. The molecule has 6 heteroatoms. The molecule has 4 nitrogen and oxygen atoms in total. The molecule has 1 aromatic carbocycles. The van der Waals surface area contributed by atoms with Gasteiger partial charge in [-0.1, -0.05) is 27.5 Å². The topological polar surface area (TPSA) is 54.4 Å². The maximum Gasteiger partial charge on any atom is 0.126 e. The van der Waals surface area contributed by atoms with Crippen LogP contribution in [0.2, 0.25) is 5.02 Å². The lowest BCUT2D eigenvalue weighted by Crippen LogP contribution is -2.24. The number of fused-ring (bicyclic) bond motifs is 1. The number of methoxy groups -OCH3 is 1. The SMILES string of the molecule is COCC(O)CNc1ccc2cc(Br)cc(Cl)c2n1. The summed E-state index contributed by atoms with van der Waals surface area (Å²) < 4.78 is 5.78. The van der Waals surface area contributed by atoms with E-state index < -0.39 is 6.10 Å². The summed E-state index contributed by atoms with van der Waals surface area (Å²) in [5.74, 6) is 0.673. The van der Waals surface area contributed by atoms with E-state index >= 15 is 0 Å². The molecule has 0 saturated carbocycles. The van der Waals surface area contributed by atoms with Gasteiger partial charge in [0.05, 0.1) is 23.3 Å². The third kappa shape index (κ3) is 3.79. The molecule has 0 aliphatic heterocycles. The number of aromatic nitrogens is 1.